The molecule has 5 aromatic rings. The van der Waals surface area contributed by atoms with Gasteiger partial charge in [-0.2, -0.15) is 26.3 Å². The highest BCUT2D eigenvalue weighted by molar-refractivity contribution is 5.77. The van der Waals surface area contributed by atoms with E-state index in [1.807, 2.05) is 13.8 Å². The van der Waals surface area contributed by atoms with E-state index in [1.54, 1.807) is 24.3 Å². The molecule has 57 heavy (non-hydrogen) atoms. The second kappa shape index (κ2) is 20.5. The van der Waals surface area contributed by atoms with Crippen LogP contribution in [0.4, 0.5) is 39.5 Å². The summed E-state index contributed by atoms with van der Waals surface area (Å²) in [7, 11) is 1.40. The van der Waals surface area contributed by atoms with Crippen molar-refractivity contribution in [1.29, 1.82) is 0 Å². The highest BCUT2D eigenvalue weighted by Crippen LogP contribution is 2.45. The summed E-state index contributed by atoms with van der Waals surface area (Å²) in [5.74, 6) is -3.08. The highest BCUT2D eigenvalue weighted by Gasteiger charge is 2.33. The molecule has 0 aliphatic rings. The van der Waals surface area contributed by atoms with E-state index in [0.29, 0.717) is 41.7 Å². The van der Waals surface area contributed by atoms with E-state index in [1.165, 1.54) is 43.5 Å². The number of aromatic hydroxyl groups is 3. The Morgan fingerprint density at radius 1 is 0.632 bits per heavy atom. The van der Waals surface area contributed by atoms with E-state index in [2.05, 4.69) is 0 Å². The number of hydrogen-bond donors (Lipinski definition) is 3. The molecule has 0 bridgehead atoms. The summed E-state index contributed by atoms with van der Waals surface area (Å²) in [5, 5.41) is 30.5. The number of para-hydroxylation sites is 1. The predicted octanol–water partition coefficient (Wildman–Crippen LogP) is 12.0. The zero-order valence-electron chi connectivity index (χ0n) is 31.1. The van der Waals surface area contributed by atoms with Gasteiger partial charge >= 0.3 is 12.4 Å². The van der Waals surface area contributed by atoms with Gasteiger partial charge in [-0.25, -0.2) is 13.2 Å². The average Bonchev–Trinajstić information content (AvgIpc) is 3.16. The van der Waals surface area contributed by atoms with Gasteiger partial charge in [0.25, 0.3) is 0 Å². The number of ether oxygens (including phenoxy) is 1. The minimum atomic E-state index is -4.48. The Bertz CT molecular complexity index is 2100. The zero-order chi connectivity index (χ0) is 42.5. The molecule has 0 saturated carbocycles. The maximum Gasteiger partial charge on any atom is 0.417 e. The number of halogens is 9. The van der Waals surface area contributed by atoms with Crippen molar-refractivity contribution in [1.82, 2.24) is 0 Å². The lowest BCUT2D eigenvalue weighted by Gasteiger charge is -2.24. The number of methoxy groups -OCH3 is 1. The van der Waals surface area contributed by atoms with Crippen LogP contribution in [0.3, 0.4) is 0 Å². The lowest BCUT2D eigenvalue weighted by molar-refractivity contribution is -0.138. The van der Waals surface area contributed by atoms with Gasteiger partial charge in [0.2, 0.25) is 0 Å². The molecular weight excluding hydrogens is 767 g/mol. The standard InChI is InChI=1S/C26H25F5O3.C9H11FO.C8H5F3O/c1-3-6-15-11-22(32)18(13-20(15)27)25(17-7-4-5-8-24(17)34-2)19-14-21(28)16(12-23(19)33)9-10-26(29,30)31;1-2-3-7-6-8(11)4-5-9(7)10;9-8(10,11)7-4-2-1-3-6(7)5-12/h4-5,7-8,11-14,25,32-33H,3,6,9-10H2,1-2H3;4-6,11H,2-3H2,1H3;1-5H. The van der Waals surface area contributed by atoms with Crippen LogP contribution in [0.25, 0.3) is 0 Å². The normalized spacial score (nSPS) is 11.8. The maximum absolute atomic E-state index is 14.9. The number of aryl methyl sites for hydroxylation is 3. The third-order valence-corrected chi connectivity index (χ3v) is 8.60. The maximum atomic E-state index is 14.9. The molecular formula is C43H41F9O5. The SMILES string of the molecule is CCCc1cc(O)c(C(c2cc(F)c(CCC(F)(F)F)cc2O)c2ccccc2OC)cc1F.CCCc1cc(O)ccc1F.O=Cc1ccccc1C(F)(F)F. The highest BCUT2D eigenvalue weighted by atomic mass is 19.4. The summed E-state index contributed by atoms with van der Waals surface area (Å²) in [4.78, 5) is 10.2. The average molecular weight is 809 g/mol. The van der Waals surface area contributed by atoms with E-state index >= 15 is 0 Å². The third-order valence-electron chi connectivity index (χ3n) is 8.60. The van der Waals surface area contributed by atoms with Crippen LogP contribution in [-0.4, -0.2) is 34.9 Å². The number of phenols is 3. The number of benzene rings is 5. The molecule has 5 nitrogen and oxygen atoms in total. The Morgan fingerprint density at radius 2 is 1.14 bits per heavy atom. The van der Waals surface area contributed by atoms with Crippen molar-refractivity contribution in [2.24, 2.45) is 0 Å². The molecule has 0 radical (unpaired) electrons. The molecule has 306 valence electrons. The Kier molecular flexibility index (Phi) is 16.4. The van der Waals surface area contributed by atoms with Crippen molar-refractivity contribution in [3.8, 4) is 23.0 Å². The van der Waals surface area contributed by atoms with E-state index in [0.717, 1.165) is 36.8 Å². The molecule has 0 aliphatic carbocycles. The Morgan fingerprint density at radius 3 is 1.63 bits per heavy atom. The number of phenolic OH excluding ortho intramolecular Hbond substituents is 3. The number of alkyl halides is 6. The zero-order valence-corrected chi connectivity index (χ0v) is 31.1. The molecule has 1 unspecified atom stereocenters. The van der Waals surface area contributed by atoms with Gasteiger partial charge in [-0.1, -0.05) is 63.1 Å². The molecule has 0 heterocycles. The molecule has 5 rings (SSSR count). The van der Waals surface area contributed by atoms with Crippen molar-refractivity contribution in [2.45, 2.75) is 70.6 Å². The first kappa shape index (κ1) is 45.7. The number of rotatable bonds is 11. The van der Waals surface area contributed by atoms with Gasteiger partial charge in [0.15, 0.2) is 6.29 Å². The van der Waals surface area contributed by atoms with Crippen LogP contribution in [0.5, 0.6) is 23.0 Å². The minimum absolute atomic E-state index is 0.0456. The molecule has 14 heteroatoms. The smallest absolute Gasteiger partial charge is 0.417 e. The summed E-state index contributed by atoms with van der Waals surface area (Å²) in [6, 6.07) is 19.6. The Balaban J connectivity index is 0.000000305. The van der Waals surface area contributed by atoms with Crippen molar-refractivity contribution >= 4 is 6.29 Å². The van der Waals surface area contributed by atoms with Crippen LogP contribution in [0.15, 0.2) is 91.0 Å². The lowest BCUT2D eigenvalue weighted by Crippen LogP contribution is -2.11. The van der Waals surface area contributed by atoms with E-state index in [-0.39, 0.29) is 45.9 Å². The Labute approximate surface area is 324 Å². The van der Waals surface area contributed by atoms with Gasteiger partial charge in [0.05, 0.1) is 12.7 Å². The fourth-order valence-electron chi connectivity index (χ4n) is 5.92. The van der Waals surface area contributed by atoms with Crippen molar-refractivity contribution in [3.05, 3.63) is 153 Å². The summed E-state index contributed by atoms with van der Waals surface area (Å²) in [6.45, 7) is 3.84. The van der Waals surface area contributed by atoms with Crippen LogP contribution in [0.1, 0.15) is 88.3 Å². The topological polar surface area (TPSA) is 87.0 Å². The third kappa shape index (κ3) is 12.9. The first-order valence-electron chi connectivity index (χ1n) is 17.7. The number of carbonyl (C=O) groups excluding carboxylic acids is 1. The van der Waals surface area contributed by atoms with Crippen molar-refractivity contribution < 1.29 is 64.4 Å². The molecule has 0 amide bonds. The van der Waals surface area contributed by atoms with E-state index < -0.39 is 54.1 Å². The first-order chi connectivity index (χ1) is 26.8. The van der Waals surface area contributed by atoms with E-state index in [4.69, 9.17) is 9.84 Å². The molecule has 0 aromatic heterocycles. The summed E-state index contributed by atoms with van der Waals surface area (Å²) in [6.07, 6.45) is -8.01. The van der Waals surface area contributed by atoms with Crippen LogP contribution in [0, 0.1) is 17.5 Å². The molecule has 1 atom stereocenters. The molecule has 0 aliphatic heterocycles. The number of aldehydes is 1. The largest absolute Gasteiger partial charge is 0.508 e. The molecule has 0 spiro atoms. The predicted molar refractivity (Wildman–Crippen MR) is 197 cm³/mol. The van der Waals surface area contributed by atoms with Crippen LogP contribution in [0.2, 0.25) is 0 Å². The van der Waals surface area contributed by atoms with Gasteiger partial charge < -0.3 is 20.1 Å². The fourth-order valence-corrected chi connectivity index (χ4v) is 5.92. The van der Waals surface area contributed by atoms with Crippen molar-refractivity contribution in [2.75, 3.05) is 7.11 Å². The molecule has 5 aromatic carbocycles. The second-order valence-electron chi connectivity index (χ2n) is 12.8. The molecule has 3 N–H and O–H groups in total. The van der Waals surface area contributed by atoms with Gasteiger partial charge in [-0.3, -0.25) is 4.79 Å². The summed E-state index contributed by atoms with van der Waals surface area (Å²) >= 11 is 0. The molecule has 0 fully saturated rings. The van der Waals surface area contributed by atoms with Crippen LogP contribution < -0.4 is 4.74 Å². The number of carbonyl (C=O) groups is 1. The monoisotopic (exact) mass is 808 g/mol. The van der Waals surface area contributed by atoms with Crippen molar-refractivity contribution in [3.63, 3.8) is 0 Å². The first-order valence-corrected chi connectivity index (χ1v) is 17.7. The number of hydrogen-bond acceptors (Lipinski definition) is 5. The quantitative estimate of drug-likeness (QED) is 0.0703. The van der Waals surface area contributed by atoms with Crippen LogP contribution in [-0.2, 0) is 25.4 Å². The summed E-state index contributed by atoms with van der Waals surface area (Å²) in [5.41, 5.74) is -0.208. The van der Waals surface area contributed by atoms with Crippen LogP contribution >= 0.6 is 0 Å². The molecule has 0 saturated heterocycles. The van der Waals surface area contributed by atoms with Gasteiger partial charge in [0.1, 0.15) is 40.4 Å². The van der Waals surface area contributed by atoms with E-state index in [9.17, 15) is 54.5 Å². The fraction of sp³-hybridized carbons (Fsp3) is 0.279. The van der Waals surface area contributed by atoms with Gasteiger partial charge in [-0.15, -0.1) is 0 Å². The second-order valence-corrected chi connectivity index (χ2v) is 12.8. The lowest BCUT2D eigenvalue weighted by atomic mass is 9.82. The van der Waals surface area contributed by atoms with Gasteiger partial charge in [0, 0.05) is 34.6 Å². The Hall–Kier alpha value is -5.66. The summed E-state index contributed by atoms with van der Waals surface area (Å²) < 4.78 is 122. The van der Waals surface area contributed by atoms with Gasteiger partial charge in [-0.05, 0) is 90.6 Å². The minimum Gasteiger partial charge on any atom is -0.508 e.